The second-order valence-electron chi connectivity index (χ2n) is 5.06. The predicted molar refractivity (Wildman–Crippen MR) is 95.4 cm³/mol. The van der Waals surface area contributed by atoms with E-state index in [1.165, 1.54) is 21.3 Å². The van der Waals surface area contributed by atoms with Crippen molar-refractivity contribution in [3.05, 3.63) is 54.1 Å². The first-order valence-electron chi connectivity index (χ1n) is 7.63. The molecule has 2 rings (SSSR count). The Balaban J connectivity index is 2.55. The first-order chi connectivity index (χ1) is 12.1. The quantitative estimate of drug-likeness (QED) is 0.503. The maximum absolute atomic E-state index is 13.6. The van der Waals surface area contributed by atoms with Crippen LogP contribution >= 0.6 is 7.37 Å². The largest absolute Gasteiger partial charge is 0.496 e. The van der Waals surface area contributed by atoms with Crippen LogP contribution in [0, 0.1) is 0 Å². The summed E-state index contributed by atoms with van der Waals surface area (Å²) in [5.41, 5.74) is -0.582. The molecule has 0 bridgehead atoms. The van der Waals surface area contributed by atoms with Crippen molar-refractivity contribution in [3.63, 3.8) is 0 Å². The molecule has 0 aromatic heterocycles. The molecule has 0 fully saturated rings. The van der Waals surface area contributed by atoms with Crippen molar-refractivity contribution < 1.29 is 28.1 Å². The number of rotatable bonds is 9. The highest BCUT2D eigenvalue weighted by molar-refractivity contribution is 7.83. The zero-order chi connectivity index (χ0) is 18.3. The molecule has 0 saturated heterocycles. The molecule has 134 valence electrons. The molecule has 0 N–H and O–H groups in total. The SMILES string of the molecule is COCCOP(=O)(C(=O)c1c(OC)cccc1OC)c1ccccc1. The second-order valence-corrected chi connectivity index (χ2v) is 7.34. The van der Waals surface area contributed by atoms with E-state index in [4.69, 9.17) is 18.7 Å². The summed E-state index contributed by atoms with van der Waals surface area (Å²) in [4.78, 5) is 13.2. The number of methoxy groups -OCH3 is 3. The third-order valence-electron chi connectivity index (χ3n) is 3.57. The van der Waals surface area contributed by atoms with Crippen LogP contribution in [-0.2, 0) is 13.8 Å². The number of ether oxygens (including phenoxy) is 3. The summed E-state index contributed by atoms with van der Waals surface area (Å²) in [6.45, 7) is 0.235. The average Bonchev–Trinajstić information content (AvgIpc) is 2.67. The molecular weight excluding hydrogens is 343 g/mol. The van der Waals surface area contributed by atoms with Crippen molar-refractivity contribution in [1.82, 2.24) is 0 Å². The molecule has 0 heterocycles. The molecule has 0 radical (unpaired) electrons. The number of hydrogen-bond acceptors (Lipinski definition) is 6. The van der Waals surface area contributed by atoms with Gasteiger partial charge in [0.1, 0.15) is 17.1 Å². The molecule has 2 aromatic rings. The predicted octanol–water partition coefficient (Wildman–Crippen LogP) is 3.11. The van der Waals surface area contributed by atoms with Gasteiger partial charge in [0.2, 0.25) is 0 Å². The Morgan fingerprint density at radius 3 is 2.00 bits per heavy atom. The molecule has 1 unspecified atom stereocenters. The van der Waals surface area contributed by atoms with Crippen molar-refractivity contribution in [1.29, 1.82) is 0 Å². The highest BCUT2D eigenvalue weighted by Crippen LogP contribution is 2.51. The lowest BCUT2D eigenvalue weighted by molar-refractivity contribution is 0.103. The number of carbonyl (C=O) groups excluding carboxylic acids is 1. The fourth-order valence-corrected chi connectivity index (χ4v) is 4.24. The van der Waals surface area contributed by atoms with Gasteiger partial charge in [0, 0.05) is 12.4 Å². The summed E-state index contributed by atoms with van der Waals surface area (Å²) in [6.07, 6.45) is 0. The summed E-state index contributed by atoms with van der Waals surface area (Å²) >= 11 is 0. The van der Waals surface area contributed by atoms with Crippen LogP contribution in [0.4, 0.5) is 0 Å². The molecule has 7 heteroatoms. The van der Waals surface area contributed by atoms with Gasteiger partial charge in [-0.25, -0.2) is 0 Å². The normalized spacial score (nSPS) is 13.1. The topological polar surface area (TPSA) is 71.1 Å². The maximum Gasteiger partial charge on any atom is 0.301 e. The van der Waals surface area contributed by atoms with Crippen molar-refractivity contribution >= 4 is 18.2 Å². The minimum absolute atomic E-state index is 0.0197. The van der Waals surface area contributed by atoms with Gasteiger partial charge in [-0.05, 0) is 24.3 Å². The average molecular weight is 364 g/mol. The van der Waals surface area contributed by atoms with E-state index in [1.807, 2.05) is 0 Å². The van der Waals surface area contributed by atoms with E-state index in [2.05, 4.69) is 0 Å². The Hall–Kier alpha value is -2.14. The summed E-state index contributed by atoms with van der Waals surface area (Å²) < 4.78 is 34.6. The molecule has 0 spiro atoms. The van der Waals surface area contributed by atoms with Gasteiger partial charge in [-0.2, -0.15) is 0 Å². The van der Waals surface area contributed by atoms with Gasteiger partial charge < -0.3 is 18.7 Å². The molecule has 0 aliphatic carbocycles. The van der Waals surface area contributed by atoms with E-state index in [0.29, 0.717) is 5.30 Å². The van der Waals surface area contributed by atoms with E-state index >= 15 is 0 Å². The molecule has 6 nitrogen and oxygen atoms in total. The van der Waals surface area contributed by atoms with E-state index in [1.54, 1.807) is 48.5 Å². The lowest BCUT2D eigenvalue weighted by Crippen LogP contribution is -2.18. The summed E-state index contributed by atoms with van der Waals surface area (Å²) in [7, 11) is 0.499. The highest BCUT2D eigenvalue weighted by atomic mass is 31.2. The molecular formula is C18H21O6P. The van der Waals surface area contributed by atoms with Crippen LogP contribution in [0.1, 0.15) is 10.4 Å². The number of hydrogen-bond donors (Lipinski definition) is 0. The van der Waals surface area contributed by atoms with Gasteiger partial charge in [-0.1, -0.05) is 24.3 Å². The second kappa shape index (κ2) is 8.81. The molecule has 0 aliphatic rings. The maximum atomic E-state index is 13.6. The third kappa shape index (κ3) is 4.10. The fourth-order valence-electron chi connectivity index (χ4n) is 2.33. The molecule has 2 aromatic carbocycles. The Labute approximate surface area is 147 Å². The van der Waals surface area contributed by atoms with Crippen molar-refractivity contribution in [2.45, 2.75) is 0 Å². The van der Waals surface area contributed by atoms with Gasteiger partial charge >= 0.3 is 7.37 Å². The van der Waals surface area contributed by atoms with Crippen LogP contribution in [0.3, 0.4) is 0 Å². The van der Waals surface area contributed by atoms with Crippen LogP contribution in [-0.4, -0.2) is 40.1 Å². The lowest BCUT2D eigenvalue weighted by Gasteiger charge is -2.20. The van der Waals surface area contributed by atoms with E-state index in [0.717, 1.165) is 0 Å². The summed E-state index contributed by atoms with van der Waals surface area (Å²) in [5.74, 6) is 0.548. The molecule has 0 saturated carbocycles. The third-order valence-corrected chi connectivity index (χ3v) is 5.85. The number of carbonyl (C=O) groups is 1. The first-order valence-corrected chi connectivity index (χ1v) is 9.26. The Kier molecular flexibility index (Phi) is 6.76. The van der Waals surface area contributed by atoms with Gasteiger partial charge in [0.25, 0.3) is 5.52 Å². The van der Waals surface area contributed by atoms with Gasteiger partial charge in [0.15, 0.2) is 0 Å². The first kappa shape index (κ1) is 19.2. The zero-order valence-electron chi connectivity index (χ0n) is 14.4. The smallest absolute Gasteiger partial charge is 0.301 e. The van der Waals surface area contributed by atoms with Crippen LogP contribution < -0.4 is 14.8 Å². The highest BCUT2D eigenvalue weighted by Gasteiger charge is 2.39. The van der Waals surface area contributed by atoms with E-state index < -0.39 is 12.9 Å². The minimum Gasteiger partial charge on any atom is -0.496 e. The van der Waals surface area contributed by atoms with Gasteiger partial charge in [-0.15, -0.1) is 0 Å². The summed E-state index contributed by atoms with van der Waals surface area (Å²) in [5, 5.41) is 0.309. The molecule has 0 aliphatic heterocycles. The van der Waals surface area contributed by atoms with Gasteiger partial charge in [-0.3, -0.25) is 9.36 Å². The molecule has 1 atom stereocenters. The Morgan fingerprint density at radius 2 is 1.48 bits per heavy atom. The molecule has 25 heavy (non-hydrogen) atoms. The zero-order valence-corrected chi connectivity index (χ0v) is 15.3. The van der Waals surface area contributed by atoms with Crippen LogP contribution in [0.2, 0.25) is 0 Å². The van der Waals surface area contributed by atoms with E-state index in [9.17, 15) is 9.36 Å². The minimum atomic E-state index is -3.87. The van der Waals surface area contributed by atoms with Gasteiger partial charge in [0.05, 0.1) is 27.4 Å². The van der Waals surface area contributed by atoms with Crippen LogP contribution in [0.5, 0.6) is 11.5 Å². The Morgan fingerprint density at radius 1 is 0.880 bits per heavy atom. The monoisotopic (exact) mass is 364 g/mol. The fraction of sp³-hybridized carbons (Fsp3) is 0.278. The Bertz CT molecular complexity index is 737. The standard InChI is InChI=1S/C18H21O6P/c1-21-12-13-24-25(20,14-8-5-4-6-9-14)18(19)17-15(22-2)10-7-11-16(17)23-3/h4-11H,12-13H2,1-3H3. The molecule has 0 amide bonds. The lowest BCUT2D eigenvalue weighted by atomic mass is 10.2. The van der Waals surface area contributed by atoms with E-state index in [-0.39, 0.29) is 30.3 Å². The van der Waals surface area contributed by atoms with Crippen molar-refractivity contribution in [3.8, 4) is 11.5 Å². The van der Waals surface area contributed by atoms with Crippen molar-refractivity contribution in [2.75, 3.05) is 34.5 Å². The summed E-state index contributed by atoms with van der Waals surface area (Å²) in [6, 6.07) is 13.3. The van der Waals surface area contributed by atoms with Crippen molar-refractivity contribution in [2.24, 2.45) is 0 Å². The van der Waals surface area contributed by atoms with Crippen LogP contribution in [0.25, 0.3) is 0 Å². The van der Waals surface area contributed by atoms with Crippen LogP contribution in [0.15, 0.2) is 48.5 Å². The number of benzene rings is 2.